The van der Waals surface area contributed by atoms with E-state index < -0.39 is 0 Å². The number of carbonyl (C=O) groups is 1. The zero-order valence-electron chi connectivity index (χ0n) is 9.61. The maximum absolute atomic E-state index is 10.1. The molecule has 0 bridgehead atoms. The van der Waals surface area contributed by atoms with Gasteiger partial charge in [0.25, 0.3) is 6.47 Å². The molecule has 0 aliphatic heterocycles. The first kappa shape index (κ1) is 12.5. The summed E-state index contributed by atoms with van der Waals surface area (Å²) in [5, 5.41) is 0. The van der Waals surface area contributed by atoms with Crippen molar-refractivity contribution in [3.05, 3.63) is 0 Å². The van der Waals surface area contributed by atoms with Crippen LogP contribution in [0.25, 0.3) is 0 Å². The lowest BCUT2D eigenvalue weighted by Crippen LogP contribution is -2.13. The van der Waals surface area contributed by atoms with Crippen molar-refractivity contribution in [3.63, 3.8) is 0 Å². The number of carbonyl (C=O) groups excluding carboxylic acids is 1. The van der Waals surface area contributed by atoms with E-state index >= 15 is 0 Å². The summed E-state index contributed by atoms with van der Waals surface area (Å²) in [4.78, 5) is 10.1. The van der Waals surface area contributed by atoms with Crippen molar-refractivity contribution in [3.8, 4) is 0 Å². The molecule has 1 aliphatic carbocycles. The lowest BCUT2D eigenvalue weighted by molar-refractivity contribution is -0.133. The number of hydrogen-bond acceptors (Lipinski definition) is 3. The SMILES string of the molecule is CCCCCCOC1CCC(OC=O)C1. The van der Waals surface area contributed by atoms with Gasteiger partial charge in [-0.2, -0.15) is 0 Å². The standard InChI is InChI=1S/C12H22O3/c1-2-3-4-5-8-14-11-6-7-12(9-11)15-10-13/h10-12H,2-9H2,1H3. The molecule has 0 amide bonds. The van der Waals surface area contributed by atoms with E-state index in [0.717, 1.165) is 32.3 Å². The van der Waals surface area contributed by atoms with Gasteiger partial charge in [-0.1, -0.05) is 26.2 Å². The predicted molar refractivity (Wildman–Crippen MR) is 58.7 cm³/mol. The molecule has 1 rings (SSSR count). The minimum Gasteiger partial charge on any atom is -0.464 e. The highest BCUT2D eigenvalue weighted by molar-refractivity contribution is 5.37. The molecular weight excluding hydrogens is 192 g/mol. The molecule has 3 heteroatoms. The summed E-state index contributed by atoms with van der Waals surface area (Å²) in [5.74, 6) is 0. The molecule has 0 saturated heterocycles. The van der Waals surface area contributed by atoms with Crippen molar-refractivity contribution in [2.45, 2.75) is 64.1 Å². The lowest BCUT2D eigenvalue weighted by atomic mass is 10.2. The third kappa shape index (κ3) is 5.17. The van der Waals surface area contributed by atoms with E-state index in [9.17, 15) is 4.79 Å². The number of unbranched alkanes of at least 4 members (excludes halogenated alkanes) is 3. The molecule has 3 nitrogen and oxygen atoms in total. The number of ether oxygens (including phenoxy) is 2. The average molecular weight is 214 g/mol. The van der Waals surface area contributed by atoms with Gasteiger partial charge in [0.1, 0.15) is 6.10 Å². The van der Waals surface area contributed by atoms with Gasteiger partial charge in [0, 0.05) is 13.0 Å². The van der Waals surface area contributed by atoms with Gasteiger partial charge in [-0.05, 0) is 19.3 Å². The Kier molecular flexibility index (Phi) is 6.41. The molecule has 0 radical (unpaired) electrons. The van der Waals surface area contributed by atoms with Crippen LogP contribution in [0.3, 0.4) is 0 Å². The molecule has 1 fully saturated rings. The predicted octanol–water partition coefficient (Wildman–Crippen LogP) is 2.68. The zero-order chi connectivity index (χ0) is 10.9. The molecule has 0 spiro atoms. The van der Waals surface area contributed by atoms with Crippen LogP contribution in [0.2, 0.25) is 0 Å². The molecule has 2 atom stereocenters. The third-order valence-corrected chi connectivity index (χ3v) is 2.94. The second-order valence-corrected chi connectivity index (χ2v) is 4.22. The van der Waals surface area contributed by atoms with Gasteiger partial charge >= 0.3 is 0 Å². The van der Waals surface area contributed by atoms with E-state index in [1.54, 1.807) is 0 Å². The first-order valence-electron chi connectivity index (χ1n) is 6.07. The first-order valence-corrected chi connectivity index (χ1v) is 6.07. The summed E-state index contributed by atoms with van der Waals surface area (Å²) in [6, 6.07) is 0. The van der Waals surface area contributed by atoms with Gasteiger partial charge in [0.05, 0.1) is 6.10 Å². The fraction of sp³-hybridized carbons (Fsp3) is 0.917. The maximum atomic E-state index is 10.1. The van der Waals surface area contributed by atoms with Gasteiger partial charge in [-0.25, -0.2) is 0 Å². The van der Waals surface area contributed by atoms with Gasteiger partial charge in [-0.3, -0.25) is 4.79 Å². The van der Waals surface area contributed by atoms with Crippen molar-refractivity contribution in [1.82, 2.24) is 0 Å². The van der Waals surface area contributed by atoms with E-state index in [4.69, 9.17) is 9.47 Å². The third-order valence-electron chi connectivity index (χ3n) is 2.94. The van der Waals surface area contributed by atoms with Crippen LogP contribution < -0.4 is 0 Å². The molecule has 15 heavy (non-hydrogen) atoms. The Balaban J connectivity index is 1.96. The van der Waals surface area contributed by atoms with Crippen LogP contribution in [-0.2, 0) is 14.3 Å². The summed E-state index contributed by atoms with van der Waals surface area (Å²) in [6.07, 6.45) is 8.27. The maximum Gasteiger partial charge on any atom is 0.293 e. The van der Waals surface area contributed by atoms with Crippen LogP contribution in [0.5, 0.6) is 0 Å². The average Bonchev–Trinajstić information content (AvgIpc) is 2.66. The van der Waals surface area contributed by atoms with Crippen molar-refractivity contribution in [1.29, 1.82) is 0 Å². The molecule has 0 aromatic heterocycles. The molecular formula is C12H22O3. The van der Waals surface area contributed by atoms with Gasteiger partial charge in [0.2, 0.25) is 0 Å². The van der Waals surface area contributed by atoms with Crippen molar-refractivity contribution in [2.24, 2.45) is 0 Å². The fourth-order valence-electron chi connectivity index (χ4n) is 2.03. The van der Waals surface area contributed by atoms with Crippen LogP contribution in [0, 0.1) is 0 Å². The topological polar surface area (TPSA) is 35.5 Å². The quantitative estimate of drug-likeness (QED) is 0.460. The minimum absolute atomic E-state index is 0.100. The summed E-state index contributed by atoms with van der Waals surface area (Å²) in [6.45, 7) is 3.62. The molecule has 2 unspecified atom stereocenters. The smallest absolute Gasteiger partial charge is 0.293 e. The highest BCUT2D eigenvalue weighted by Gasteiger charge is 2.25. The Hall–Kier alpha value is -0.570. The van der Waals surface area contributed by atoms with Gasteiger partial charge in [-0.15, -0.1) is 0 Å². The van der Waals surface area contributed by atoms with Crippen LogP contribution in [0.15, 0.2) is 0 Å². The summed E-state index contributed by atoms with van der Waals surface area (Å²) in [7, 11) is 0. The van der Waals surface area contributed by atoms with Crippen molar-refractivity contribution < 1.29 is 14.3 Å². The molecule has 0 aromatic carbocycles. The van der Waals surface area contributed by atoms with Crippen LogP contribution in [0.1, 0.15) is 51.9 Å². The van der Waals surface area contributed by atoms with Crippen molar-refractivity contribution in [2.75, 3.05) is 6.61 Å². The van der Waals surface area contributed by atoms with E-state index in [0.29, 0.717) is 12.6 Å². The monoisotopic (exact) mass is 214 g/mol. The van der Waals surface area contributed by atoms with Gasteiger partial charge < -0.3 is 9.47 Å². The highest BCUT2D eigenvalue weighted by atomic mass is 16.5. The number of hydrogen-bond donors (Lipinski definition) is 0. The summed E-state index contributed by atoms with van der Waals surface area (Å²) in [5.41, 5.74) is 0. The Morgan fingerprint density at radius 1 is 1.20 bits per heavy atom. The summed E-state index contributed by atoms with van der Waals surface area (Å²) < 4.78 is 10.6. The molecule has 1 aliphatic rings. The van der Waals surface area contributed by atoms with E-state index in [2.05, 4.69) is 6.92 Å². The Morgan fingerprint density at radius 3 is 2.73 bits per heavy atom. The zero-order valence-corrected chi connectivity index (χ0v) is 9.61. The molecule has 0 aromatic rings. The van der Waals surface area contributed by atoms with E-state index in [-0.39, 0.29) is 6.10 Å². The number of rotatable bonds is 8. The molecule has 0 N–H and O–H groups in total. The minimum atomic E-state index is 0.100. The summed E-state index contributed by atoms with van der Waals surface area (Å²) >= 11 is 0. The first-order chi connectivity index (χ1) is 7.36. The largest absolute Gasteiger partial charge is 0.464 e. The second-order valence-electron chi connectivity index (χ2n) is 4.22. The van der Waals surface area contributed by atoms with Crippen LogP contribution in [-0.4, -0.2) is 25.3 Å². The Labute approximate surface area is 92.1 Å². The van der Waals surface area contributed by atoms with E-state index in [1.807, 2.05) is 0 Å². The second kappa shape index (κ2) is 7.69. The molecule has 88 valence electrons. The molecule has 0 heterocycles. The normalized spacial score (nSPS) is 25.4. The Morgan fingerprint density at radius 2 is 2.00 bits per heavy atom. The van der Waals surface area contributed by atoms with Crippen LogP contribution >= 0.6 is 0 Å². The lowest BCUT2D eigenvalue weighted by Gasteiger charge is -2.11. The highest BCUT2D eigenvalue weighted by Crippen LogP contribution is 2.24. The fourth-order valence-corrected chi connectivity index (χ4v) is 2.03. The Bertz CT molecular complexity index is 170. The molecule has 1 saturated carbocycles. The van der Waals surface area contributed by atoms with Gasteiger partial charge in [0.15, 0.2) is 0 Å². The van der Waals surface area contributed by atoms with Crippen molar-refractivity contribution >= 4 is 6.47 Å². The van der Waals surface area contributed by atoms with Crippen LogP contribution in [0.4, 0.5) is 0 Å². The van der Waals surface area contributed by atoms with E-state index in [1.165, 1.54) is 19.3 Å².